The first-order chi connectivity index (χ1) is 9.29. The lowest BCUT2D eigenvalue weighted by Gasteiger charge is -2.08. The lowest BCUT2D eigenvalue weighted by atomic mass is 10.1. The molecule has 19 heavy (non-hydrogen) atoms. The Morgan fingerprint density at radius 3 is 3.11 bits per heavy atom. The Morgan fingerprint density at radius 2 is 2.47 bits per heavy atom. The molecule has 2 rings (SSSR count). The van der Waals surface area contributed by atoms with Crippen molar-refractivity contribution < 1.29 is 9.53 Å². The molecule has 0 saturated carbocycles. The summed E-state index contributed by atoms with van der Waals surface area (Å²) >= 11 is 0. The summed E-state index contributed by atoms with van der Waals surface area (Å²) in [6.45, 7) is 2.45. The van der Waals surface area contributed by atoms with E-state index < -0.39 is 0 Å². The van der Waals surface area contributed by atoms with E-state index >= 15 is 0 Å². The number of pyridine rings is 1. The molecule has 0 bridgehead atoms. The van der Waals surface area contributed by atoms with E-state index in [4.69, 9.17) is 10.5 Å². The SMILES string of the molecule is NCC#Cc1ccc(C(=O)NCC2CCOC2)nc1. The number of nitrogens with one attached hydrogen (secondary N) is 1. The van der Waals surface area contributed by atoms with Gasteiger partial charge in [-0.3, -0.25) is 4.79 Å². The van der Waals surface area contributed by atoms with Crippen molar-refractivity contribution in [3.05, 3.63) is 29.6 Å². The van der Waals surface area contributed by atoms with Gasteiger partial charge in [-0.2, -0.15) is 0 Å². The van der Waals surface area contributed by atoms with Crippen LogP contribution in [0.2, 0.25) is 0 Å². The van der Waals surface area contributed by atoms with Crippen LogP contribution in [0.25, 0.3) is 0 Å². The third kappa shape index (κ3) is 4.05. The van der Waals surface area contributed by atoms with Crippen LogP contribution in [-0.4, -0.2) is 37.2 Å². The minimum atomic E-state index is -0.162. The van der Waals surface area contributed by atoms with Crippen molar-refractivity contribution in [3.63, 3.8) is 0 Å². The van der Waals surface area contributed by atoms with E-state index in [1.807, 2.05) is 0 Å². The van der Waals surface area contributed by atoms with Crippen molar-refractivity contribution in [1.82, 2.24) is 10.3 Å². The first-order valence-electron chi connectivity index (χ1n) is 6.30. The van der Waals surface area contributed by atoms with Crippen molar-refractivity contribution in [2.75, 3.05) is 26.3 Å². The molecule has 1 aromatic heterocycles. The highest BCUT2D eigenvalue weighted by Crippen LogP contribution is 2.10. The Hall–Kier alpha value is -1.90. The summed E-state index contributed by atoms with van der Waals surface area (Å²) < 4.78 is 5.26. The molecular formula is C14H17N3O2. The number of ether oxygens (including phenoxy) is 1. The molecular weight excluding hydrogens is 242 g/mol. The summed E-state index contributed by atoms with van der Waals surface area (Å²) in [5.41, 5.74) is 6.44. The summed E-state index contributed by atoms with van der Waals surface area (Å²) in [6, 6.07) is 3.43. The average molecular weight is 259 g/mol. The topological polar surface area (TPSA) is 77.2 Å². The first kappa shape index (κ1) is 13.5. The molecule has 3 N–H and O–H groups in total. The predicted octanol–water partition coefficient (Wildman–Crippen LogP) is 0.158. The van der Waals surface area contributed by atoms with Crippen LogP contribution in [0.4, 0.5) is 0 Å². The molecule has 5 nitrogen and oxygen atoms in total. The van der Waals surface area contributed by atoms with Gasteiger partial charge in [0.25, 0.3) is 5.91 Å². The maximum Gasteiger partial charge on any atom is 0.269 e. The summed E-state index contributed by atoms with van der Waals surface area (Å²) in [5.74, 6) is 5.85. The Bertz CT molecular complexity index is 482. The third-order valence-corrected chi connectivity index (χ3v) is 2.91. The zero-order valence-electron chi connectivity index (χ0n) is 10.7. The number of nitrogens with zero attached hydrogens (tertiary/aromatic N) is 1. The van der Waals surface area contributed by atoms with E-state index in [1.165, 1.54) is 0 Å². The molecule has 0 aromatic carbocycles. The maximum atomic E-state index is 11.9. The number of nitrogens with two attached hydrogens (primary N) is 1. The highest BCUT2D eigenvalue weighted by atomic mass is 16.5. The number of hydrogen-bond donors (Lipinski definition) is 2. The van der Waals surface area contributed by atoms with Gasteiger partial charge in [-0.15, -0.1) is 0 Å². The zero-order valence-corrected chi connectivity index (χ0v) is 10.7. The molecule has 2 heterocycles. The van der Waals surface area contributed by atoms with Gasteiger partial charge in [0, 0.05) is 30.8 Å². The van der Waals surface area contributed by atoms with Gasteiger partial charge in [-0.25, -0.2) is 4.98 Å². The summed E-state index contributed by atoms with van der Waals surface area (Å²) in [4.78, 5) is 15.9. The number of carbonyl (C=O) groups excluding carboxylic acids is 1. The fraction of sp³-hybridized carbons (Fsp3) is 0.429. The van der Waals surface area contributed by atoms with Crippen LogP contribution in [0.15, 0.2) is 18.3 Å². The molecule has 1 fully saturated rings. The molecule has 1 aliphatic heterocycles. The van der Waals surface area contributed by atoms with Crippen LogP contribution in [0.5, 0.6) is 0 Å². The molecule has 1 aromatic rings. The van der Waals surface area contributed by atoms with E-state index in [0.717, 1.165) is 25.2 Å². The van der Waals surface area contributed by atoms with Crippen LogP contribution < -0.4 is 11.1 Å². The van der Waals surface area contributed by atoms with E-state index in [9.17, 15) is 4.79 Å². The zero-order chi connectivity index (χ0) is 13.5. The third-order valence-electron chi connectivity index (χ3n) is 2.91. The standard InChI is InChI=1S/C14H17N3O2/c15-6-1-2-11-3-4-13(16-8-11)14(18)17-9-12-5-7-19-10-12/h3-4,8,12H,5-7,9-10,15H2,(H,17,18). The fourth-order valence-corrected chi connectivity index (χ4v) is 1.83. The summed E-state index contributed by atoms with van der Waals surface area (Å²) in [6.07, 6.45) is 2.58. The first-order valence-corrected chi connectivity index (χ1v) is 6.30. The van der Waals surface area contributed by atoms with Gasteiger partial charge >= 0.3 is 0 Å². The Kier molecular flexibility index (Phi) is 4.90. The molecule has 1 unspecified atom stereocenters. The Morgan fingerprint density at radius 1 is 1.58 bits per heavy atom. The van der Waals surface area contributed by atoms with Gasteiger partial charge in [-0.1, -0.05) is 11.8 Å². The molecule has 1 atom stereocenters. The molecule has 1 amide bonds. The predicted molar refractivity (Wildman–Crippen MR) is 71.4 cm³/mol. The second-order valence-corrected chi connectivity index (χ2v) is 4.38. The quantitative estimate of drug-likeness (QED) is 0.758. The monoisotopic (exact) mass is 259 g/mol. The van der Waals surface area contributed by atoms with Gasteiger partial charge in [0.1, 0.15) is 5.69 Å². The largest absolute Gasteiger partial charge is 0.381 e. The number of carbonyl (C=O) groups is 1. The average Bonchev–Trinajstić information content (AvgIpc) is 2.96. The molecule has 0 radical (unpaired) electrons. The van der Waals surface area contributed by atoms with Crippen LogP contribution in [0.3, 0.4) is 0 Å². The van der Waals surface area contributed by atoms with Crippen molar-refractivity contribution in [2.45, 2.75) is 6.42 Å². The van der Waals surface area contributed by atoms with E-state index in [-0.39, 0.29) is 5.91 Å². The van der Waals surface area contributed by atoms with Gasteiger partial charge in [-0.05, 0) is 18.6 Å². The minimum absolute atomic E-state index is 0.162. The number of rotatable bonds is 3. The second kappa shape index (κ2) is 6.88. The molecule has 0 spiro atoms. The van der Waals surface area contributed by atoms with Gasteiger partial charge in [0.15, 0.2) is 0 Å². The van der Waals surface area contributed by atoms with E-state index in [1.54, 1.807) is 18.3 Å². The van der Waals surface area contributed by atoms with E-state index in [2.05, 4.69) is 22.1 Å². The summed E-state index contributed by atoms with van der Waals surface area (Å²) in [7, 11) is 0. The van der Waals surface area contributed by atoms with Crippen molar-refractivity contribution >= 4 is 5.91 Å². The second-order valence-electron chi connectivity index (χ2n) is 4.38. The van der Waals surface area contributed by atoms with Crippen molar-refractivity contribution in [3.8, 4) is 11.8 Å². The number of hydrogen-bond acceptors (Lipinski definition) is 4. The van der Waals surface area contributed by atoms with Gasteiger partial charge in [0.05, 0.1) is 13.2 Å². The van der Waals surface area contributed by atoms with Gasteiger partial charge in [0.2, 0.25) is 0 Å². The Labute approximate surface area is 112 Å². The summed E-state index contributed by atoms with van der Waals surface area (Å²) in [5, 5.41) is 2.87. The molecule has 0 aliphatic carbocycles. The number of aromatic nitrogens is 1. The molecule has 5 heteroatoms. The normalized spacial score (nSPS) is 17.6. The van der Waals surface area contributed by atoms with Gasteiger partial charge < -0.3 is 15.8 Å². The highest BCUT2D eigenvalue weighted by molar-refractivity contribution is 5.92. The number of amides is 1. The minimum Gasteiger partial charge on any atom is -0.381 e. The lowest BCUT2D eigenvalue weighted by Crippen LogP contribution is -2.30. The maximum absolute atomic E-state index is 11.9. The van der Waals surface area contributed by atoms with Crippen LogP contribution >= 0.6 is 0 Å². The van der Waals surface area contributed by atoms with Crippen LogP contribution in [-0.2, 0) is 4.74 Å². The van der Waals surface area contributed by atoms with E-state index in [0.29, 0.717) is 24.7 Å². The molecule has 1 saturated heterocycles. The Balaban J connectivity index is 1.88. The van der Waals surface area contributed by atoms with Crippen LogP contribution in [0.1, 0.15) is 22.5 Å². The lowest BCUT2D eigenvalue weighted by molar-refractivity contribution is 0.0940. The smallest absolute Gasteiger partial charge is 0.269 e. The van der Waals surface area contributed by atoms with Crippen molar-refractivity contribution in [2.24, 2.45) is 11.7 Å². The van der Waals surface area contributed by atoms with Crippen molar-refractivity contribution in [1.29, 1.82) is 0 Å². The molecule has 100 valence electrons. The van der Waals surface area contributed by atoms with Crippen LogP contribution in [0, 0.1) is 17.8 Å². The highest BCUT2D eigenvalue weighted by Gasteiger charge is 2.17. The fourth-order valence-electron chi connectivity index (χ4n) is 1.83. The molecule has 1 aliphatic rings.